The summed E-state index contributed by atoms with van der Waals surface area (Å²) in [6.45, 7) is 5.09. The number of terminal acetylenes is 1. The van der Waals surface area contributed by atoms with Crippen LogP contribution in [0.4, 0.5) is 11.5 Å². The first-order chi connectivity index (χ1) is 33.5. The van der Waals surface area contributed by atoms with Crippen LogP contribution >= 0.6 is 0 Å². The average Bonchev–Trinajstić information content (AvgIpc) is 3.92. The number of aromatic nitrogens is 4. The fourth-order valence-corrected chi connectivity index (χ4v) is 7.03. The summed E-state index contributed by atoms with van der Waals surface area (Å²) in [7, 11) is 0. The Labute approximate surface area is 411 Å². The third kappa shape index (κ3) is 14.5. The molecule has 0 amide bonds. The second-order valence-corrected chi connectivity index (χ2v) is 13.6. The molecule has 1 spiro atoms. The van der Waals surface area contributed by atoms with Crippen molar-refractivity contribution < 1.29 is 15.7 Å². The van der Waals surface area contributed by atoms with Gasteiger partial charge in [0.25, 0.3) is 0 Å². The number of pyridine rings is 2. The molecule has 1 atom stereocenters. The van der Waals surface area contributed by atoms with Crippen molar-refractivity contribution in [3.8, 4) is 143 Å². The lowest BCUT2D eigenvalue weighted by atomic mass is 9.73. The average molecular weight is 908 g/mol. The van der Waals surface area contributed by atoms with Gasteiger partial charge in [0.15, 0.2) is 5.84 Å². The molecule has 3 aliphatic heterocycles. The first kappa shape index (κ1) is 48.6. The number of hydrogen-bond acceptors (Lipinski definition) is 10. The highest BCUT2D eigenvalue weighted by Gasteiger charge is 2.47. The van der Waals surface area contributed by atoms with Crippen molar-refractivity contribution in [2.75, 3.05) is 29.4 Å². The fourth-order valence-electron chi connectivity index (χ4n) is 7.03. The van der Waals surface area contributed by atoms with Gasteiger partial charge < -0.3 is 21.4 Å². The molecule has 1 saturated heterocycles. The minimum atomic E-state index is 0. The fraction of sp³-hybridized carbons (Fsp3) is 0.235. The minimum absolute atomic E-state index is 0. The molecule has 68 heavy (non-hydrogen) atoms. The Morgan fingerprint density at radius 2 is 1.29 bits per heavy atom. The third-order valence-electron chi connectivity index (χ3n) is 9.84. The molecular weight excluding hydrogens is 851 g/mol. The highest BCUT2D eigenvalue weighted by molar-refractivity contribution is 6.11. The van der Waals surface area contributed by atoms with Gasteiger partial charge >= 0.3 is 0 Å². The number of amidine groups is 1. The van der Waals surface area contributed by atoms with Crippen LogP contribution in [-0.4, -0.2) is 45.4 Å². The maximum atomic E-state index is 6.70. The van der Waals surface area contributed by atoms with Crippen LogP contribution in [-0.2, 0) is 19.4 Å². The lowest BCUT2D eigenvalue weighted by Crippen LogP contribution is -2.44. The van der Waals surface area contributed by atoms with Crippen molar-refractivity contribution in [3.63, 3.8) is 0 Å². The van der Waals surface area contributed by atoms with Crippen LogP contribution in [0.1, 0.15) is 76.3 Å². The predicted octanol–water partition coefficient (Wildman–Crippen LogP) is 7.20. The van der Waals surface area contributed by atoms with E-state index < -0.39 is 0 Å². The van der Waals surface area contributed by atoms with E-state index in [2.05, 4.69) is 210 Å². The molecule has 17 nitrogen and oxygen atoms in total. The van der Waals surface area contributed by atoms with Crippen molar-refractivity contribution in [3.05, 3.63) is 71.2 Å². The molecule has 1 fully saturated rings. The first-order valence-corrected chi connectivity index (χ1v) is 20.3. The lowest BCUT2D eigenvalue weighted by Gasteiger charge is -2.42. The Kier molecular flexibility index (Phi) is 19.7. The molecular formula is C51H57N17. The van der Waals surface area contributed by atoms with Crippen molar-refractivity contribution in [2.24, 2.45) is 58.5 Å². The summed E-state index contributed by atoms with van der Waals surface area (Å²) in [6.07, 6.45) is 15.8. The van der Waals surface area contributed by atoms with Crippen LogP contribution in [0.25, 0.3) is 0 Å². The first-order valence-electron chi connectivity index (χ1n) is 20.3. The second kappa shape index (κ2) is 27.6. The van der Waals surface area contributed by atoms with Crippen molar-refractivity contribution in [2.45, 2.75) is 51.6 Å². The van der Waals surface area contributed by atoms with Crippen LogP contribution < -0.4 is 21.4 Å². The smallest absolute Gasteiger partial charge is 0.156 e. The van der Waals surface area contributed by atoms with Gasteiger partial charge in [0.05, 0.1) is 41.6 Å². The van der Waals surface area contributed by atoms with Gasteiger partial charge in [-0.3, -0.25) is 15.0 Å². The van der Waals surface area contributed by atoms with Crippen molar-refractivity contribution in [1.82, 2.24) is 19.9 Å². The maximum Gasteiger partial charge on any atom is 0.156 e. The molecule has 346 valence electrons. The van der Waals surface area contributed by atoms with E-state index in [0.29, 0.717) is 6.54 Å². The van der Waals surface area contributed by atoms with Crippen molar-refractivity contribution in [1.29, 1.82) is 5.53 Å². The lowest BCUT2D eigenvalue weighted by molar-refractivity contribution is 0.185. The van der Waals surface area contributed by atoms with Crippen LogP contribution in [0.15, 0.2) is 84.4 Å². The molecule has 6 heterocycles. The Morgan fingerprint density at radius 1 is 0.721 bits per heavy atom. The molecule has 0 saturated carbocycles. The molecule has 5 N–H and O–H groups in total. The number of aryl methyl sites for hydroxylation is 1. The molecule has 4 aliphatic rings. The molecule has 1 aliphatic carbocycles. The van der Waals surface area contributed by atoms with Gasteiger partial charge in [-0.2, -0.15) is 5.53 Å². The summed E-state index contributed by atoms with van der Waals surface area (Å²) in [5.74, 6) is 63.3. The SMILES string of the molecule is C#CC#CC#CC#CC#CC#CC#CC#CC#CC#CC#CC#CC.N=N/N=N/N=N/N=N/N.NC1c2ncccc2CC12CCN(c1cnc3c(n1)CN=C3N1CCCc3ncccc31)CC2.[HH].[HH].[HH].[HH].[HH].[HH].[HH].[HH].[HH].[HH].[HH]. The number of nitrogens with zero attached hydrogens (tertiary/aromatic N) is 14. The summed E-state index contributed by atoms with van der Waals surface area (Å²) in [6, 6.07) is 8.36. The molecule has 3 aromatic rings. The Morgan fingerprint density at radius 3 is 1.88 bits per heavy atom. The van der Waals surface area contributed by atoms with Crippen LogP contribution in [0.3, 0.4) is 0 Å². The van der Waals surface area contributed by atoms with E-state index in [1.807, 2.05) is 30.7 Å². The van der Waals surface area contributed by atoms with E-state index in [1.165, 1.54) is 5.56 Å². The highest BCUT2D eigenvalue weighted by atomic mass is 15.6. The number of fused-ring (bicyclic) bond motifs is 3. The van der Waals surface area contributed by atoms with Gasteiger partial charge in [-0.1, -0.05) is 17.2 Å². The van der Waals surface area contributed by atoms with Gasteiger partial charge in [0, 0.05) is 83.2 Å². The summed E-state index contributed by atoms with van der Waals surface area (Å²) in [5.41, 5.74) is 19.5. The second-order valence-electron chi connectivity index (χ2n) is 13.6. The van der Waals surface area contributed by atoms with E-state index in [-0.39, 0.29) is 27.1 Å². The Balaban J connectivity index is -0.000000208. The zero-order chi connectivity index (χ0) is 47.9. The Hall–Kier alpha value is -10.5. The minimum Gasteiger partial charge on any atom is -0.355 e. The summed E-state index contributed by atoms with van der Waals surface area (Å²) in [5, 5.41) is 19.4. The van der Waals surface area contributed by atoms with E-state index in [4.69, 9.17) is 32.6 Å². The topological polar surface area (TPSA) is 233 Å². The summed E-state index contributed by atoms with van der Waals surface area (Å²) in [4.78, 5) is 28.5. The van der Waals surface area contributed by atoms with Gasteiger partial charge in [0.1, 0.15) is 11.5 Å². The third-order valence-corrected chi connectivity index (χ3v) is 9.84. The number of nitrogens with one attached hydrogen (secondary N) is 1. The number of nitrogens with two attached hydrogens (primary N) is 2. The highest BCUT2D eigenvalue weighted by Crippen LogP contribution is 2.50. The molecule has 0 radical (unpaired) electrons. The number of rotatable bonds is 4. The van der Waals surface area contributed by atoms with Gasteiger partial charge in [-0.15, -0.1) is 6.42 Å². The van der Waals surface area contributed by atoms with Crippen LogP contribution in [0, 0.1) is 154 Å². The zero-order valence-electron chi connectivity index (χ0n) is 36.5. The molecule has 0 aromatic carbocycles. The number of anilines is 2. The van der Waals surface area contributed by atoms with E-state index in [0.717, 1.165) is 91.9 Å². The standard InChI is InChI=1S/C26H28N8.C25H4.H3N9.11H2/c27-24-22-17(4-1-10-29-22)14-26(24)7-12-33(13-8-26)21-16-30-23-19(32-21)15-31-25(23)34-11-3-5-18-20(34)6-2-9-28-18;1-3-5-7-9-11-13-15-17-19-21-23-25-24-22-20-18-16-14-12-10-8-6-4-2;1-3-5-7-9-8-6-4-2;;;;;;;;;;;/h1-2,4,6,9-10,16,24H,3,5,7-8,11-15,27H2;1H,2H3;(H3,1,2,5,6,9);11*1H. The molecule has 1 unspecified atom stereocenters. The normalized spacial score (nSPS) is 14.2. The summed E-state index contributed by atoms with van der Waals surface area (Å²) >= 11 is 0. The van der Waals surface area contributed by atoms with Gasteiger partial charge in [-0.25, -0.2) is 9.97 Å². The van der Waals surface area contributed by atoms with E-state index in [9.17, 15) is 0 Å². The number of piperidine rings is 1. The largest absolute Gasteiger partial charge is 0.355 e. The number of aliphatic imine (C=N–C) groups is 1. The number of hydrogen-bond donors (Lipinski definition) is 3. The maximum absolute atomic E-state index is 6.70. The molecule has 0 bridgehead atoms. The van der Waals surface area contributed by atoms with E-state index >= 15 is 0 Å². The van der Waals surface area contributed by atoms with Crippen molar-refractivity contribution >= 4 is 17.3 Å². The van der Waals surface area contributed by atoms with Gasteiger partial charge in [-0.05, 0) is 194 Å². The predicted molar refractivity (Wildman–Crippen MR) is 278 cm³/mol. The van der Waals surface area contributed by atoms with E-state index in [1.54, 1.807) is 6.92 Å². The monoisotopic (exact) mass is 907 g/mol. The van der Waals surface area contributed by atoms with Gasteiger partial charge in [0.2, 0.25) is 0 Å². The Bertz CT molecular complexity index is 3340. The molecule has 3 aromatic heterocycles. The quantitative estimate of drug-likeness (QED) is 0.105. The van der Waals surface area contributed by atoms with Crippen LogP contribution in [0.5, 0.6) is 0 Å². The summed E-state index contributed by atoms with van der Waals surface area (Å²) < 4.78 is 0. The molecule has 17 heteroatoms. The molecule has 7 rings (SSSR count). The van der Waals surface area contributed by atoms with Crippen LogP contribution in [0.2, 0.25) is 0 Å². The zero-order valence-corrected chi connectivity index (χ0v) is 36.5.